The Bertz CT molecular complexity index is 702. The molecule has 1 amide bonds. The zero-order valence-corrected chi connectivity index (χ0v) is 15.3. The van der Waals surface area contributed by atoms with Crippen LogP contribution in [-0.4, -0.2) is 25.9 Å². The van der Waals surface area contributed by atoms with E-state index in [1.54, 1.807) is 6.07 Å². The van der Waals surface area contributed by atoms with Crippen LogP contribution in [0.15, 0.2) is 53.0 Å². The van der Waals surface area contributed by atoms with E-state index in [9.17, 15) is 4.79 Å². The van der Waals surface area contributed by atoms with E-state index in [-0.39, 0.29) is 6.61 Å². The Morgan fingerprint density at radius 2 is 2.08 bits per heavy atom. The number of carbonyl (C=O) groups is 1. The van der Waals surface area contributed by atoms with Gasteiger partial charge in [0.1, 0.15) is 12.4 Å². The standard InChI is InChI=1S/C19H20BrNO4/c20-16-6-7-18(24-13-15-8-9-23-11-15)17(10-16)21-19(22)25-12-14-4-2-1-3-5-14/h1-7,10,15H,8-9,11-13H2,(H,21,22). The highest BCUT2D eigenvalue weighted by Crippen LogP contribution is 2.29. The van der Waals surface area contributed by atoms with E-state index in [1.807, 2.05) is 42.5 Å². The number of amides is 1. The van der Waals surface area contributed by atoms with E-state index in [0.717, 1.165) is 29.7 Å². The fourth-order valence-electron chi connectivity index (χ4n) is 2.52. The lowest BCUT2D eigenvalue weighted by atomic mass is 10.1. The van der Waals surface area contributed by atoms with Gasteiger partial charge in [-0.15, -0.1) is 0 Å². The zero-order valence-electron chi connectivity index (χ0n) is 13.7. The van der Waals surface area contributed by atoms with Crippen molar-refractivity contribution in [1.82, 2.24) is 0 Å². The highest BCUT2D eigenvalue weighted by atomic mass is 79.9. The van der Waals surface area contributed by atoms with E-state index in [4.69, 9.17) is 14.2 Å². The maximum absolute atomic E-state index is 12.1. The first-order valence-corrected chi connectivity index (χ1v) is 8.98. The van der Waals surface area contributed by atoms with Crippen LogP contribution in [0.5, 0.6) is 5.75 Å². The maximum atomic E-state index is 12.1. The summed E-state index contributed by atoms with van der Waals surface area (Å²) in [6.45, 7) is 2.29. The summed E-state index contributed by atoms with van der Waals surface area (Å²) in [5, 5.41) is 2.75. The molecule has 1 atom stereocenters. The predicted molar refractivity (Wildman–Crippen MR) is 98.8 cm³/mol. The molecule has 1 N–H and O–H groups in total. The van der Waals surface area contributed by atoms with Crippen molar-refractivity contribution in [3.8, 4) is 5.75 Å². The van der Waals surface area contributed by atoms with Crippen LogP contribution in [0.3, 0.4) is 0 Å². The highest BCUT2D eigenvalue weighted by molar-refractivity contribution is 9.10. The second kappa shape index (κ2) is 8.87. The lowest BCUT2D eigenvalue weighted by Crippen LogP contribution is -2.16. The summed E-state index contributed by atoms with van der Waals surface area (Å²) in [6.07, 6.45) is 0.481. The van der Waals surface area contributed by atoms with Crippen LogP contribution < -0.4 is 10.1 Å². The number of rotatable bonds is 6. The summed E-state index contributed by atoms with van der Waals surface area (Å²) in [6, 6.07) is 15.0. The third kappa shape index (κ3) is 5.47. The third-order valence-corrected chi connectivity index (χ3v) is 4.38. The van der Waals surface area contributed by atoms with Gasteiger partial charge in [-0.2, -0.15) is 0 Å². The van der Waals surface area contributed by atoms with Gasteiger partial charge in [-0.3, -0.25) is 5.32 Å². The normalized spacial score (nSPS) is 16.4. The fraction of sp³-hybridized carbons (Fsp3) is 0.316. The molecule has 0 spiro atoms. The molecule has 2 aromatic rings. The van der Waals surface area contributed by atoms with Crippen molar-refractivity contribution >= 4 is 27.7 Å². The average molecular weight is 406 g/mol. The van der Waals surface area contributed by atoms with E-state index in [2.05, 4.69) is 21.2 Å². The van der Waals surface area contributed by atoms with Crippen LogP contribution in [0.1, 0.15) is 12.0 Å². The number of nitrogens with one attached hydrogen (secondary N) is 1. The summed E-state index contributed by atoms with van der Waals surface area (Å²) < 4.78 is 17.3. The minimum atomic E-state index is -0.518. The van der Waals surface area contributed by atoms with Gasteiger partial charge in [0, 0.05) is 17.0 Å². The van der Waals surface area contributed by atoms with Crippen molar-refractivity contribution in [1.29, 1.82) is 0 Å². The summed E-state index contributed by atoms with van der Waals surface area (Å²) in [5.74, 6) is 1.01. The number of hydrogen-bond acceptors (Lipinski definition) is 4. The van der Waals surface area contributed by atoms with Crippen LogP contribution in [0.2, 0.25) is 0 Å². The molecule has 132 valence electrons. The van der Waals surface area contributed by atoms with Gasteiger partial charge in [0.2, 0.25) is 0 Å². The molecule has 0 radical (unpaired) electrons. The Morgan fingerprint density at radius 1 is 1.24 bits per heavy atom. The highest BCUT2D eigenvalue weighted by Gasteiger charge is 2.17. The van der Waals surface area contributed by atoms with E-state index in [0.29, 0.717) is 24.0 Å². The van der Waals surface area contributed by atoms with Crippen molar-refractivity contribution in [2.24, 2.45) is 5.92 Å². The zero-order chi connectivity index (χ0) is 17.5. The van der Waals surface area contributed by atoms with Gasteiger partial charge in [-0.25, -0.2) is 4.79 Å². The number of hydrogen-bond donors (Lipinski definition) is 1. The molecule has 0 aromatic heterocycles. The summed E-state index contributed by atoms with van der Waals surface area (Å²) >= 11 is 3.41. The second-order valence-corrected chi connectivity index (χ2v) is 6.78. The number of anilines is 1. The van der Waals surface area contributed by atoms with E-state index >= 15 is 0 Å². The lowest BCUT2D eigenvalue weighted by Gasteiger charge is -2.15. The van der Waals surface area contributed by atoms with Gasteiger partial charge in [-0.05, 0) is 30.2 Å². The number of ether oxygens (including phenoxy) is 3. The molecule has 1 saturated heterocycles. The van der Waals surface area contributed by atoms with Crippen LogP contribution in [0, 0.1) is 5.92 Å². The summed E-state index contributed by atoms with van der Waals surface area (Å²) in [5.41, 5.74) is 1.51. The first-order chi connectivity index (χ1) is 12.2. The van der Waals surface area contributed by atoms with Crippen LogP contribution in [0.25, 0.3) is 0 Å². The van der Waals surface area contributed by atoms with Crippen molar-refractivity contribution in [2.45, 2.75) is 13.0 Å². The molecule has 25 heavy (non-hydrogen) atoms. The first-order valence-electron chi connectivity index (χ1n) is 8.18. The van der Waals surface area contributed by atoms with Crippen LogP contribution in [0.4, 0.5) is 10.5 Å². The molecule has 0 saturated carbocycles. The molecule has 6 heteroatoms. The van der Waals surface area contributed by atoms with Crippen molar-refractivity contribution in [2.75, 3.05) is 25.1 Å². The van der Waals surface area contributed by atoms with Crippen molar-refractivity contribution in [3.05, 3.63) is 58.6 Å². The smallest absolute Gasteiger partial charge is 0.412 e. The maximum Gasteiger partial charge on any atom is 0.412 e. The Hall–Kier alpha value is -2.05. The van der Waals surface area contributed by atoms with Gasteiger partial charge < -0.3 is 14.2 Å². The van der Waals surface area contributed by atoms with Gasteiger partial charge in [0.25, 0.3) is 0 Å². The molecule has 0 aliphatic carbocycles. The lowest BCUT2D eigenvalue weighted by molar-refractivity contribution is 0.154. The van der Waals surface area contributed by atoms with Gasteiger partial charge in [0.15, 0.2) is 0 Å². The largest absolute Gasteiger partial charge is 0.491 e. The monoisotopic (exact) mass is 405 g/mol. The Kier molecular flexibility index (Phi) is 6.30. The molecule has 1 heterocycles. The number of carbonyl (C=O) groups excluding carboxylic acids is 1. The molecule has 0 bridgehead atoms. The molecule has 5 nitrogen and oxygen atoms in total. The minimum absolute atomic E-state index is 0.219. The molecular weight excluding hydrogens is 386 g/mol. The van der Waals surface area contributed by atoms with E-state index < -0.39 is 6.09 Å². The Morgan fingerprint density at radius 3 is 2.84 bits per heavy atom. The molecular formula is C19H20BrNO4. The van der Waals surface area contributed by atoms with Gasteiger partial charge in [0.05, 0.1) is 18.9 Å². The van der Waals surface area contributed by atoms with Crippen molar-refractivity contribution < 1.29 is 19.0 Å². The quantitative estimate of drug-likeness (QED) is 0.761. The van der Waals surface area contributed by atoms with Gasteiger partial charge >= 0.3 is 6.09 Å². The second-order valence-electron chi connectivity index (χ2n) is 5.87. The molecule has 2 aromatic carbocycles. The Balaban J connectivity index is 1.57. The summed E-state index contributed by atoms with van der Waals surface area (Å²) in [7, 11) is 0. The molecule has 1 fully saturated rings. The topological polar surface area (TPSA) is 56.8 Å². The third-order valence-electron chi connectivity index (χ3n) is 3.89. The fourth-order valence-corrected chi connectivity index (χ4v) is 2.88. The molecule has 1 aliphatic heterocycles. The molecule has 1 unspecified atom stereocenters. The first kappa shape index (κ1) is 17.8. The Labute approximate surface area is 155 Å². The summed E-state index contributed by atoms with van der Waals surface area (Å²) in [4.78, 5) is 12.1. The number of benzene rings is 2. The minimum Gasteiger partial charge on any atom is -0.491 e. The molecule has 3 rings (SSSR count). The van der Waals surface area contributed by atoms with Crippen LogP contribution in [-0.2, 0) is 16.1 Å². The predicted octanol–water partition coefficient (Wildman–Crippen LogP) is 4.61. The number of halogens is 1. The SMILES string of the molecule is O=C(Nc1cc(Br)ccc1OCC1CCOC1)OCc1ccccc1. The average Bonchev–Trinajstić information content (AvgIpc) is 3.14. The van der Waals surface area contributed by atoms with Crippen LogP contribution >= 0.6 is 15.9 Å². The van der Waals surface area contributed by atoms with E-state index in [1.165, 1.54) is 0 Å². The van der Waals surface area contributed by atoms with Gasteiger partial charge in [-0.1, -0.05) is 46.3 Å². The molecule has 1 aliphatic rings. The van der Waals surface area contributed by atoms with Crippen molar-refractivity contribution in [3.63, 3.8) is 0 Å².